The van der Waals surface area contributed by atoms with Crippen molar-refractivity contribution in [2.24, 2.45) is 0 Å². The Morgan fingerprint density at radius 1 is 1.24 bits per heavy atom. The van der Waals surface area contributed by atoms with E-state index in [0.717, 1.165) is 37.0 Å². The van der Waals surface area contributed by atoms with Crippen LogP contribution in [0.2, 0.25) is 0 Å². The summed E-state index contributed by atoms with van der Waals surface area (Å²) in [7, 11) is 0. The lowest BCUT2D eigenvalue weighted by Gasteiger charge is -2.14. The molecule has 1 heterocycles. The lowest BCUT2D eigenvalue weighted by Crippen LogP contribution is -2.17. The Morgan fingerprint density at radius 2 is 2.06 bits per heavy atom. The SMILES string of the molecule is N#Cc1cccc2oc3c(c(=O)c12)CCCC3. The zero-order valence-corrected chi connectivity index (χ0v) is 9.32. The summed E-state index contributed by atoms with van der Waals surface area (Å²) in [4.78, 5) is 12.3. The molecule has 1 aromatic carbocycles. The fraction of sp³-hybridized carbons (Fsp3) is 0.286. The first-order chi connectivity index (χ1) is 8.31. The van der Waals surface area contributed by atoms with Crippen LogP contribution in [0.4, 0.5) is 0 Å². The van der Waals surface area contributed by atoms with Gasteiger partial charge < -0.3 is 4.42 Å². The summed E-state index contributed by atoms with van der Waals surface area (Å²) in [6, 6.07) is 7.22. The monoisotopic (exact) mass is 225 g/mol. The summed E-state index contributed by atoms with van der Waals surface area (Å²) >= 11 is 0. The standard InChI is InChI=1S/C14H11NO2/c15-8-9-4-3-7-12-13(9)14(16)10-5-1-2-6-11(10)17-12/h3-4,7H,1-2,5-6H2. The van der Waals surface area contributed by atoms with E-state index in [1.165, 1.54) is 0 Å². The van der Waals surface area contributed by atoms with Gasteiger partial charge in [0, 0.05) is 12.0 Å². The van der Waals surface area contributed by atoms with E-state index < -0.39 is 0 Å². The molecule has 3 nitrogen and oxygen atoms in total. The van der Waals surface area contributed by atoms with Gasteiger partial charge in [-0.05, 0) is 31.4 Å². The molecule has 0 spiro atoms. The van der Waals surface area contributed by atoms with E-state index in [2.05, 4.69) is 6.07 Å². The van der Waals surface area contributed by atoms with Gasteiger partial charge in [-0.3, -0.25) is 4.79 Å². The molecule has 0 unspecified atom stereocenters. The quantitative estimate of drug-likeness (QED) is 0.692. The molecule has 1 aliphatic carbocycles. The fourth-order valence-corrected chi connectivity index (χ4v) is 2.46. The molecular weight excluding hydrogens is 214 g/mol. The molecular formula is C14H11NO2. The third-order valence-electron chi connectivity index (χ3n) is 3.30. The first-order valence-corrected chi connectivity index (χ1v) is 5.79. The summed E-state index contributed by atoms with van der Waals surface area (Å²) in [5, 5.41) is 9.47. The highest BCUT2D eigenvalue weighted by Crippen LogP contribution is 2.24. The van der Waals surface area contributed by atoms with Crippen molar-refractivity contribution in [3.8, 4) is 6.07 Å². The second kappa shape index (κ2) is 3.74. The number of rotatable bonds is 0. The normalized spacial score (nSPS) is 14.3. The Hall–Kier alpha value is -2.08. The van der Waals surface area contributed by atoms with E-state index in [-0.39, 0.29) is 5.43 Å². The minimum absolute atomic E-state index is 0.0156. The van der Waals surface area contributed by atoms with Gasteiger partial charge in [0.1, 0.15) is 17.4 Å². The summed E-state index contributed by atoms with van der Waals surface area (Å²) in [6.07, 6.45) is 3.70. The Bertz CT molecular complexity index is 692. The van der Waals surface area contributed by atoms with Crippen molar-refractivity contribution in [1.29, 1.82) is 5.26 Å². The summed E-state index contributed by atoms with van der Waals surface area (Å²) in [5.41, 5.74) is 1.70. The van der Waals surface area contributed by atoms with Crippen molar-refractivity contribution in [2.75, 3.05) is 0 Å². The second-order valence-electron chi connectivity index (χ2n) is 4.33. The van der Waals surface area contributed by atoms with Gasteiger partial charge in [-0.1, -0.05) is 6.07 Å². The van der Waals surface area contributed by atoms with Gasteiger partial charge >= 0.3 is 0 Å². The van der Waals surface area contributed by atoms with Crippen LogP contribution in [-0.4, -0.2) is 0 Å². The highest BCUT2D eigenvalue weighted by Gasteiger charge is 2.19. The van der Waals surface area contributed by atoms with Crippen LogP contribution in [0.25, 0.3) is 11.0 Å². The summed E-state index contributed by atoms with van der Waals surface area (Å²) < 4.78 is 5.76. The van der Waals surface area contributed by atoms with Crippen LogP contribution in [0, 0.1) is 11.3 Å². The van der Waals surface area contributed by atoms with Crippen molar-refractivity contribution in [1.82, 2.24) is 0 Å². The smallest absolute Gasteiger partial charge is 0.197 e. The molecule has 0 amide bonds. The van der Waals surface area contributed by atoms with E-state index in [9.17, 15) is 4.79 Å². The fourth-order valence-electron chi connectivity index (χ4n) is 2.46. The van der Waals surface area contributed by atoms with Crippen LogP contribution >= 0.6 is 0 Å². The number of benzene rings is 1. The van der Waals surface area contributed by atoms with Crippen molar-refractivity contribution >= 4 is 11.0 Å². The van der Waals surface area contributed by atoms with Gasteiger partial charge in [0.2, 0.25) is 0 Å². The topological polar surface area (TPSA) is 54.0 Å². The number of aryl methyl sites for hydroxylation is 1. The minimum atomic E-state index is -0.0156. The van der Waals surface area contributed by atoms with Crippen LogP contribution < -0.4 is 5.43 Å². The van der Waals surface area contributed by atoms with E-state index in [0.29, 0.717) is 16.5 Å². The van der Waals surface area contributed by atoms with Gasteiger partial charge in [0.25, 0.3) is 0 Å². The molecule has 1 aliphatic rings. The van der Waals surface area contributed by atoms with E-state index >= 15 is 0 Å². The Labute approximate surface area is 98.3 Å². The van der Waals surface area contributed by atoms with E-state index in [1.54, 1.807) is 18.2 Å². The molecule has 0 N–H and O–H groups in total. The van der Waals surface area contributed by atoms with Crippen molar-refractivity contribution in [2.45, 2.75) is 25.7 Å². The van der Waals surface area contributed by atoms with Crippen LogP contribution in [0.5, 0.6) is 0 Å². The lowest BCUT2D eigenvalue weighted by atomic mass is 9.95. The van der Waals surface area contributed by atoms with Gasteiger partial charge in [0.15, 0.2) is 5.43 Å². The van der Waals surface area contributed by atoms with Crippen LogP contribution in [0.1, 0.15) is 29.7 Å². The first-order valence-electron chi connectivity index (χ1n) is 5.79. The third kappa shape index (κ3) is 1.45. The number of hydrogen-bond acceptors (Lipinski definition) is 3. The molecule has 0 bridgehead atoms. The number of fused-ring (bicyclic) bond motifs is 2. The van der Waals surface area contributed by atoms with Crippen LogP contribution in [0.15, 0.2) is 27.4 Å². The Balaban J connectivity index is 2.46. The van der Waals surface area contributed by atoms with Crippen LogP contribution in [0.3, 0.4) is 0 Å². The zero-order valence-electron chi connectivity index (χ0n) is 9.32. The largest absolute Gasteiger partial charge is 0.460 e. The molecule has 0 radical (unpaired) electrons. The number of nitrogens with zero attached hydrogens (tertiary/aromatic N) is 1. The molecule has 0 atom stereocenters. The average Bonchev–Trinajstić information content (AvgIpc) is 2.38. The Kier molecular flexibility index (Phi) is 2.22. The van der Waals surface area contributed by atoms with Crippen LogP contribution in [-0.2, 0) is 12.8 Å². The van der Waals surface area contributed by atoms with Gasteiger partial charge in [-0.15, -0.1) is 0 Å². The predicted molar refractivity (Wildman–Crippen MR) is 63.8 cm³/mol. The molecule has 0 saturated carbocycles. The van der Waals surface area contributed by atoms with Crippen molar-refractivity contribution in [3.63, 3.8) is 0 Å². The second-order valence-corrected chi connectivity index (χ2v) is 4.33. The van der Waals surface area contributed by atoms with E-state index in [1.807, 2.05) is 0 Å². The highest BCUT2D eigenvalue weighted by molar-refractivity contribution is 5.83. The zero-order chi connectivity index (χ0) is 11.8. The molecule has 1 aromatic heterocycles. The minimum Gasteiger partial charge on any atom is -0.460 e. The number of hydrogen-bond donors (Lipinski definition) is 0. The maximum atomic E-state index is 12.3. The van der Waals surface area contributed by atoms with Gasteiger partial charge in [-0.2, -0.15) is 5.26 Å². The molecule has 17 heavy (non-hydrogen) atoms. The predicted octanol–water partition coefficient (Wildman–Crippen LogP) is 2.54. The average molecular weight is 225 g/mol. The molecule has 0 saturated heterocycles. The lowest BCUT2D eigenvalue weighted by molar-refractivity contribution is 0.487. The number of nitriles is 1. The summed E-state index contributed by atoms with van der Waals surface area (Å²) in [5.74, 6) is 0.809. The Morgan fingerprint density at radius 3 is 2.88 bits per heavy atom. The molecule has 3 rings (SSSR count). The molecule has 0 fully saturated rings. The third-order valence-corrected chi connectivity index (χ3v) is 3.30. The maximum Gasteiger partial charge on any atom is 0.197 e. The van der Waals surface area contributed by atoms with Gasteiger partial charge in [0.05, 0.1) is 10.9 Å². The summed E-state index contributed by atoms with van der Waals surface area (Å²) in [6.45, 7) is 0. The van der Waals surface area contributed by atoms with E-state index in [4.69, 9.17) is 9.68 Å². The highest BCUT2D eigenvalue weighted by atomic mass is 16.3. The molecule has 3 heteroatoms. The van der Waals surface area contributed by atoms with Crippen molar-refractivity contribution < 1.29 is 4.42 Å². The van der Waals surface area contributed by atoms with Gasteiger partial charge in [-0.25, -0.2) is 0 Å². The molecule has 2 aromatic rings. The molecule has 0 aliphatic heterocycles. The maximum absolute atomic E-state index is 12.3. The van der Waals surface area contributed by atoms with Crippen molar-refractivity contribution in [3.05, 3.63) is 45.3 Å². The first kappa shape index (κ1) is 10.1. The molecule has 84 valence electrons.